The summed E-state index contributed by atoms with van der Waals surface area (Å²) in [5, 5.41) is 7.77. The van der Waals surface area contributed by atoms with Crippen LogP contribution in [0.4, 0.5) is 5.82 Å². The predicted molar refractivity (Wildman–Crippen MR) is 74.2 cm³/mol. The van der Waals surface area contributed by atoms with E-state index in [9.17, 15) is 0 Å². The number of rotatable bonds is 4. The van der Waals surface area contributed by atoms with Crippen LogP contribution in [0.3, 0.4) is 0 Å². The van der Waals surface area contributed by atoms with E-state index in [-0.39, 0.29) is 0 Å². The summed E-state index contributed by atoms with van der Waals surface area (Å²) < 4.78 is 7.37. The lowest BCUT2D eigenvalue weighted by atomic mass is 10.0. The Labute approximate surface area is 108 Å². The summed E-state index contributed by atoms with van der Waals surface area (Å²) in [6.45, 7) is 4.99. The molecule has 4 nitrogen and oxygen atoms in total. The van der Waals surface area contributed by atoms with E-state index in [0.717, 1.165) is 34.9 Å². The fourth-order valence-corrected chi connectivity index (χ4v) is 2.12. The van der Waals surface area contributed by atoms with Gasteiger partial charge in [0.25, 0.3) is 0 Å². The number of hydrogen-bond acceptors (Lipinski definition) is 3. The maximum atomic E-state index is 5.43. The molecule has 0 atom stereocenters. The molecule has 96 valence electrons. The normalized spacial score (nSPS) is 10.4. The van der Waals surface area contributed by atoms with Crippen LogP contribution < -0.4 is 10.1 Å². The maximum absolute atomic E-state index is 5.43. The minimum Gasteiger partial charge on any atom is -0.496 e. The van der Waals surface area contributed by atoms with Crippen molar-refractivity contribution in [3.8, 4) is 17.0 Å². The highest BCUT2D eigenvalue weighted by Gasteiger charge is 2.14. The van der Waals surface area contributed by atoms with Gasteiger partial charge in [0.2, 0.25) is 0 Å². The number of ether oxygens (including phenoxy) is 1. The number of benzene rings is 1. The molecule has 4 heteroatoms. The van der Waals surface area contributed by atoms with Gasteiger partial charge in [-0.15, -0.1) is 0 Å². The first-order valence-electron chi connectivity index (χ1n) is 6.10. The molecular weight excluding hydrogens is 226 g/mol. The minimum absolute atomic E-state index is 0.838. The number of nitrogens with one attached hydrogen (secondary N) is 1. The highest BCUT2D eigenvalue weighted by atomic mass is 16.5. The van der Waals surface area contributed by atoms with Crippen LogP contribution in [0.5, 0.6) is 5.75 Å². The molecule has 1 aromatic heterocycles. The average Bonchev–Trinajstić information content (AvgIpc) is 2.81. The van der Waals surface area contributed by atoms with Gasteiger partial charge < -0.3 is 10.1 Å². The third-order valence-corrected chi connectivity index (χ3v) is 3.05. The van der Waals surface area contributed by atoms with Crippen molar-refractivity contribution < 1.29 is 4.74 Å². The Morgan fingerprint density at radius 1 is 1.39 bits per heavy atom. The van der Waals surface area contributed by atoms with Crippen LogP contribution in [-0.2, 0) is 6.54 Å². The molecular formula is C14H19N3O. The monoisotopic (exact) mass is 245 g/mol. The molecule has 0 aliphatic rings. The summed E-state index contributed by atoms with van der Waals surface area (Å²) in [6.07, 6.45) is 0. The molecule has 1 aromatic carbocycles. The predicted octanol–water partition coefficient (Wildman–Crippen LogP) is 2.93. The van der Waals surface area contributed by atoms with E-state index >= 15 is 0 Å². The van der Waals surface area contributed by atoms with Crippen molar-refractivity contribution in [1.29, 1.82) is 0 Å². The molecule has 0 fully saturated rings. The van der Waals surface area contributed by atoms with E-state index in [1.54, 1.807) is 7.11 Å². The van der Waals surface area contributed by atoms with Gasteiger partial charge in [-0.1, -0.05) is 12.1 Å². The molecule has 0 aliphatic carbocycles. The number of hydrogen-bond donors (Lipinski definition) is 1. The molecule has 0 saturated carbocycles. The SMILES string of the molecule is CCn1nc(-c2c(C)cccc2OC)cc1NC. The third kappa shape index (κ3) is 2.06. The van der Waals surface area contributed by atoms with Gasteiger partial charge in [-0.25, -0.2) is 4.68 Å². The van der Waals surface area contributed by atoms with Crippen LogP contribution in [0, 0.1) is 6.92 Å². The molecule has 0 unspecified atom stereocenters. The highest BCUT2D eigenvalue weighted by molar-refractivity contribution is 5.72. The molecule has 0 radical (unpaired) electrons. The zero-order valence-electron chi connectivity index (χ0n) is 11.3. The lowest BCUT2D eigenvalue weighted by Gasteiger charge is -2.08. The van der Waals surface area contributed by atoms with Crippen molar-refractivity contribution in [3.05, 3.63) is 29.8 Å². The largest absolute Gasteiger partial charge is 0.496 e. The van der Waals surface area contributed by atoms with E-state index < -0.39 is 0 Å². The summed E-state index contributed by atoms with van der Waals surface area (Å²) in [4.78, 5) is 0. The fourth-order valence-electron chi connectivity index (χ4n) is 2.12. The molecule has 0 bridgehead atoms. The van der Waals surface area contributed by atoms with Gasteiger partial charge in [0, 0.05) is 25.2 Å². The Morgan fingerprint density at radius 3 is 2.72 bits per heavy atom. The van der Waals surface area contributed by atoms with Crippen LogP contribution >= 0.6 is 0 Å². The van der Waals surface area contributed by atoms with Crippen LogP contribution in [0.2, 0.25) is 0 Å². The van der Waals surface area contributed by atoms with E-state index in [1.807, 2.05) is 29.9 Å². The number of aryl methyl sites for hydroxylation is 2. The summed E-state index contributed by atoms with van der Waals surface area (Å²) in [5.41, 5.74) is 3.16. The second-order valence-corrected chi connectivity index (χ2v) is 4.13. The summed E-state index contributed by atoms with van der Waals surface area (Å²) in [6, 6.07) is 8.08. The number of nitrogens with zero attached hydrogens (tertiary/aromatic N) is 2. The van der Waals surface area contributed by atoms with Gasteiger partial charge in [0.05, 0.1) is 12.8 Å². The lowest BCUT2D eigenvalue weighted by molar-refractivity contribution is 0.416. The van der Waals surface area contributed by atoms with Crippen LogP contribution in [-0.4, -0.2) is 23.9 Å². The van der Waals surface area contributed by atoms with Crippen molar-refractivity contribution in [2.75, 3.05) is 19.5 Å². The molecule has 2 aromatic rings. The number of methoxy groups -OCH3 is 1. The van der Waals surface area contributed by atoms with Crippen LogP contribution in [0.1, 0.15) is 12.5 Å². The molecule has 0 amide bonds. The van der Waals surface area contributed by atoms with Crippen molar-refractivity contribution in [2.45, 2.75) is 20.4 Å². The van der Waals surface area contributed by atoms with Crippen LogP contribution in [0.25, 0.3) is 11.3 Å². The Kier molecular flexibility index (Phi) is 3.55. The first kappa shape index (κ1) is 12.5. The smallest absolute Gasteiger partial charge is 0.128 e. The number of anilines is 1. The van der Waals surface area contributed by atoms with E-state index in [1.165, 1.54) is 0 Å². The Hall–Kier alpha value is -1.97. The molecule has 1 N–H and O–H groups in total. The van der Waals surface area contributed by atoms with Crippen molar-refractivity contribution in [3.63, 3.8) is 0 Å². The standard InChI is InChI=1S/C14H19N3O/c1-5-17-13(15-3)9-11(16-17)14-10(2)7-6-8-12(14)18-4/h6-9,15H,5H2,1-4H3. The number of aromatic nitrogens is 2. The lowest BCUT2D eigenvalue weighted by Crippen LogP contribution is -2.02. The molecule has 0 aliphatic heterocycles. The molecule has 0 spiro atoms. The highest BCUT2D eigenvalue weighted by Crippen LogP contribution is 2.33. The van der Waals surface area contributed by atoms with E-state index in [2.05, 4.69) is 30.3 Å². The summed E-state index contributed by atoms with van der Waals surface area (Å²) >= 11 is 0. The maximum Gasteiger partial charge on any atom is 0.128 e. The first-order chi connectivity index (χ1) is 8.71. The van der Waals surface area contributed by atoms with Gasteiger partial charge in [-0.05, 0) is 25.5 Å². The minimum atomic E-state index is 0.838. The zero-order chi connectivity index (χ0) is 13.1. The third-order valence-electron chi connectivity index (χ3n) is 3.05. The van der Waals surface area contributed by atoms with Crippen molar-refractivity contribution >= 4 is 5.82 Å². The Bertz CT molecular complexity index is 524. The Balaban J connectivity index is 2.58. The van der Waals surface area contributed by atoms with Gasteiger partial charge >= 0.3 is 0 Å². The Morgan fingerprint density at radius 2 is 2.17 bits per heavy atom. The topological polar surface area (TPSA) is 39.1 Å². The zero-order valence-corrected chi connectivity index (χ0v) is 11.3. The molecule has 18 heavy (non-hydrogen) atoms. The van der Waals surface area contributed by atoms with Crippen LogP contribution in [0.15, 0.2) is 24.3 Å². The molecule has 2 rings (SSSR count). The van der Waals surface area contributed by atoms with E-state index in [4.69, 9.17) is 4.74 Å². The first-order valence-corrected chi connectivity index (χ1v) is 6.10. The van der Waals surface area contributed by atoms with E-state index in [0.29, 0.717) is 0 Å². The van der Waals surface area contributed by atoms with Gasteiger partial charge in [0.15, 0.2) is 0 Å². The quantitative estimate of drug-likeness (QED) is 0.900. The van der Waals surface area contributed by atoms with Crippen molar-refractivity contribution in [2.24, 2.45) is 0 Å². The van der Waals surface area contributed by atoms with Crippen molar-refractivity contribution in [1.82, 2.24) is 9.78 Å². The summed E-state index contributed by atoms with van der Waals surface area (Å²) in [7, 11) is 3.59. The molecule has 0 saturated heterocycles. The fraction of sp³-hybridized carbons (Fsp3) is 0.357. The molecule has 1 heterocycles. The average molecular weight is 245 g/mol. The second-order valence-electron chi connectivity index (χ2n) is 4.13. The van der Waals surface area contributed by atoms with Gasteiger partial charge in [-0.2, -0.15) is 5.10 Å². The van der Waals surface area contributed by atoms with Gasteiger partial charge in [0.1, 0.15) is 11.6 Å². The summed E-state index contributed by atoms with van der Waals surface area (Å²) in [5.74, 6) is 1.87. The second kappa shape index (κ2) is 5.12. The van der Waals surface area contributed by atoms with Gasteiger partial charge in [-0.3, -0.25) is 0 Å².